The third kappa shape index (κ3) is 2.21. The summed E-state index contributed by atoms with van der Waals surface area (Å²) in [5, 5.41) is 0.327. The fourth-order valence-electron chi connectivity index (χ4n) is 1.54. The Bertz CT molecular complexity index is 539. The number of ether oxygens (including phenoxy) is 2. The number of hydrogen-bond acceptors (Lipinski definition) is 4. The fraction of sp³-hybridized carbons (Fsp3) is 0.333. The lowest BCUT2D eigenvalue weighted by atomic mass is 10.1. The number of halogens is 2. The van der Waals surface area contributed by atoms with Crippen LogP contribution in [-0.4, -0.2) is 15.2 Å². The van der Waals surface area contributed by atoms with E-state index >= 15 is 0 Å². The van der Waals surface area contributed by atoms with Crippen LogP contribution in [0.25, 0.3) is 0 Å². The highest BCUT2D eigenvalue weighted by Crippen LogP contribution is 2.43. The molecule has 7 heteroatoms. The standard InChI is InChI=1S/C9H8Cl2O4S/c1-5-6(3-16(11,12)13)2-7(10)9-8(5)14-4-15-9/h2H,3-4H2,1H3. The first-order chi connectivity index (χ1) is 7.38. The van der Waals surface area contributed by atoms with E-state index in [1.165, 1.54) is 6.07 Å². The first-order valence-electron chi connectivity index (χ1n) is 4.38. The average molecular weight is 283 g/mol. The number of hydrogen-bond donors (Lipinski definition) is 0. The predicted molar refractivity (Wildman–Crippen MR) is 60.8 cm³/mol. The summed E-state index contributed by atoms with van der Waals surface area (Å²) in [5.74, 6) is 0.661. The van der Waals surface area contributed by atoms with Gasteiger partial charge in [-0.05, 0) is 24.1 Å². The van der Waals surface area contributed by atoms with E-state index in [2.05, 4.69) is 0 Å². The zero-order chi connectivity index (χ0) is 11.9. The highest BCUT2D eigenvalue weighted by molar-refractivity contribution is 8.13. The molecule has 1 aliphatic heterocycles. The van der Waals surface area contributed by atoms with Gasteiger partial charge >= 0.3 is 0 Å². The van der Waals surface area contributed by atoms with Crippen LogP contribution in [0.15, 0.2) is 6.07 Å². The van der Waals surface area contributed by atoms with E-state index in [1.54, 1.807) is 6.92 Å². The average Bonchev–Trinajstić information content (AvgIpc) is 2.60. The van der Waals surface area contributed by atoms with Gasteiger partial charge in [0.25, 0.3) is 0 Å². The van der Waals surface area contributed by atoms with Crippen LogP contribution >= 0.6 is 22.3 Å². The van der Waals surface area contributed by atoms with Crippen LogP contribution in [0.3, 0.4) is 0 Å². The van der Waals surface area contributed by atoms with Crippen LogP contribution in [0.4, 0.5) is 0 Å². The summed E-state index contributed by atoms with van der Waals surface area (Å²) in [6, 6.07) is 1.53. The van der Waals surface area contributed by atoms with Gasteiger partial charge in [0, 0.05) is 10.7 Å². The number of fused-ring (bicyclic) bond motifs is 1. The first kappa shape index (κ1) is 11.8. The van der Waals surface area contributed by atoms with E-state index in [1.807, 2.05) is 0 Å². The maximum Gasteiger partial charge on any atom is 0.236 e. The number of benzene rings is 1. The van der Waals surface area contributed by atoms with Gasteiger partial charge in [0.05, 0.1) is 10.8 Å². The monoisotopic (exact) mass is 282 g/mol. The molecule has 1 heterocycles. The molecule has 0 saturated heterocycles. The van der Waals surface area contributed by atoms with Crippen LogP contribution in [0, 0.1) is 6.92 Å². The van der Waals surface area contributed by atoms with Crippen LogP contribution in [-0.2, 0) is 14.8 Å². The summed E-state index contributed by atoms with van der Waals surface area (Å²) in [7, 11) is 1.58. The third-order valence-electron chi connectivity index (χ3n) is 2.28. The van der Waals surface area contributed by atoms with Crippen LogP contribution in [0.2, 0.25) is 5.02 Å². The topological polar surface area (TPSA) is 52.6 Å². The molecular weight excluding hydrogens is 275 g/mol. The maximum atomic E-state index is 11.0. The van der Waals surface area contributed by atoms with Crippen LogP contribution in [0.5, 0.6) is 11.5 Å². The second-order valence-corrected chi connectivity index (χ2v) is 6.57. The molecule has 2 rings (SSSR count). The summed E-state index contributed by atoms with van der Waals surface area (Å²) >= 11 is 5.93. The Morgan fingerprint density at radius 2 is 2.00 bits per heavy atom. The third-order valence-corrected chi connectivity index (χ3v) is 3.54. The summed E-state index contributed by atoms with van der Waals surface area (Å²) in [6.45, 7) is 1.83. The van der Waals surface area contributed by atoms with E-state index in [4.69, 9.17) is 31.8 Å². The molecule has 0 unspecified atom stereocenters. The fourth-order valence-corrected chi connectivity index (χ4v) is 2.84. The minimum absolute atomic E-state index is 0.0902. The molecule has 0 amide bonds. The number of rotatable bonds is 2. The molecule has 0 N–H and O–H groups in total. The Kier molecular flexibility index (Phi) is 2.94. The lowest BCUT2D eigenvalue weighted by Gasteiger charge is -2.08. The molecule has 0 spiro atoms. The first-order valence-corrected chi connectivity index (χ1v) is 7.24. The second kappa shape index (κ2) is 3.98. The molecule has 0 radical (unpaired) electrons. The molecule has 4 nitrogen and oxygen atoms in total. The molecule has 0 saturated carbocycles. The smallest absolute Gasteiger partial charge is 0.236 e. The van der Waals surface area contributed by atoms with Crippen molar-refractivity contribution in [2.45, 2.75) is 12.7 Å². The van der Waals surface area contributed by atoms with Gasteiger partial charge in [-0.15, -0.1) is 0 Å². The minimum Gasteiger partial charge on any atom is -0.453 e. The molecule has 1 aliphatic rings. The van der Waals surface area contributed by atoms with Crippen molar-refractivity contribution in [3.63, 3.8) is 0 Å². The molecule has 16 heavy (non-hydrogen) atoms. The molecule has 0 fully saturated rings. The van der Waals surface area contributed by atoms with E-state index in [-0.39, 0.29) is 12.5 Å². The Morgan fingerprint density at radius 1 is 1.38 bits per heavy atom. The highest BCUT2D eigenvalue weighted by Gasteiger charge is 2.23. The quantitative estimate of drug-likeness (QED) is 0.782. The Morgan fingerprint density at radius 3 is 2.62 bits per heavy atom. The zero-order valence-corrected chi connectivity index (χ0v) is 10.6. The van der Waals surface area contributed by atoms with Crippen molar-refractivity contribution in [1.29, 1.82) is 0 Å². The van der Waals surface area contributed by atoms with Gasteiger partial charge in [0.15, 0.2) is 11.5 Å². The van der Waals surface area contributed by atoms with Gasteiger partial charge in [-0.2, -0.15) is 0 Å². The van der Waals surface area contributed by atoms with E-state index in [0.717, 1.165) is 0 Å². The molecular formula is C9H8Cl2O4S. The highest BCUT2D eigenvalue weighted by atomic mass is 35.7. The van der Waals surface area contributed by atoms with Gasteiger partial charge in [0.1, 0.15) is 0 Å². The van der Waals surface area contributed by atoms with Crippen molar-refractivity contribution in [1.82, 2.24) is 0 Å². The molecule has 0 atom stereocenters. The molecule has 0 aliphatic carbocycles. The van der Waals surface area contributed by atoms with Gasteiger partial charge in [0.2, 0.25) is 15.8 Å². The summed E-state index contributed by atoms with van der Waals surface area (Å²) in [6.07, 6.45) is 0. The van der Waals surface area contributed by atoms with Gasteiger partial charge in [-0.3, -0.25) is 0 Å². The molecule has 1 aromatic carbocycles. The van der Waals surface area contributed by atoms with Crippen LogP contribution in [0.1, 0.15) is 11.1 Å². The molecule has 0 aromatic heterocycles. The van der Waals surface area contributed by atoms with E-state index < -0.39 is 9.05 Å². The van der Waals surface area contributed by atoms with Crippen molar-refractivity contribution in [3.05, 3.63) is 22.2 Å². The Labute approximate surface area is 102 Å². The van der Waals surface area contributed by atoms with Crippen molar-refractivity contribution in [3.8, 4) is 11.5 Å². The SMILES string of the molecule is Cc1c(CS(=O)(=O)Cl)cc(Cl)c2c1OCO2. The normalized spacial score (nSPS) is 14.2. The van der Waals surface area contributed by atoms with Gasteiger partial charge < -0.3 is 9.47 Å². The van der Waals surface area contributed by atoms with Crippen LogP contribution < -0.4 is 9.47 Å². The van der Waals surface area contributed by atoms with Crippen molar-refractivity contribution in [2.75, 3.05) is 6.79 Å². The Hall–Kier alpha value is -0.650. The van der Waals surface area contributed by atoms with Crippen molar-refractivity contribution < 1.29 is 17.9 Å². The lowest BCUT2D eigenvalue weighted by molar-refractivity contribution is 0.173. The second-order valence-electron chi connectivity index (χ2n) is 3.39. The van der Waals surface area contributed by atoms with E-state index in [9.17, 15) is 8.42 Å². The summed E-state index contributed by atoms with van der Waals surface area (Å²) < 4.78 is 32.4. The maximum absolute atomic E-state index is 11.0. The van der Waals surface area contributed by atoms with Crippen molar-refractivity contribution in [2.24, 2.45) is 0 Å². The molecule has 0 bridgehead atoms. The van der Waals surface area contributed by atoms with Gasteiger partial charge in [-0.25, -0.2) is 8.42 Å². The van der Waals surface area contributed by atoms with Crippen molar-refractivity contribution >= 4 is 31.3 Å². The summed E-state index contributed by atoms with van der Waals surface area (Å²) in [5.41, 5.74) is 1.20. The lowest BCUT2D eigenvalue weighted by Crippen LogP contribution is -1.99. The largest absolute Gasteiger partial charge is 0.453 e. The molecule has 88 valence electrons. The predicted octanol–water partition coefficient (Wildman–Crippen LogP) is 2.45. The summed E-state index contributed by atoms with van der Waals surface area (Å²) in [4.78, 5) is 0. The van der Waals surface area contributed by atoms with Gasteiger partial charge in [-0.1, -0.05) is 11.6 Å². The zero-order valence-electron chi connectivity index (χ0n) is 8.29. The minimum atomic E-state index is -3.62. The molecule has 1 aromatic rings. The Balaban J connectivity index is 2.53. The van der Waals surface area contributed by atoms with E-state index in [0.29, 0.717) is 27.6 Å².